The quantitative estimate of drug-likeness (QED) is 0.635. The van der Waals surface area contributed by atoms with E-state index in [-0.39, 0.29) is 31.1 Å². The number of methoxy groups -OCH3 is 1. The predicted molar refractivity (Wildman–Crippen MR) is 109 cm³/mol. The molecule has 2 unspecified atom stereocenters. The third-order valence-corrected chi connectivity index (χ3v) is 5.09. The number of nitrogens with zero attached hydrogens (tertiary/aromatic N) is 1. The van der Waals surface area contributed by atoms with Crippen LogP contribution in [0.3, 0.4) is 0 Å². The number of Topliss-reactive ketones (excluding diaryl/α,β-unsaturated/α-hetero) is 1. The number of carbonyl (C=O) groups is 2. The molecule has 2 aromatic rings. The van der Waals surface area contributed by atoms with Crippen LogP contribution in [0.4, 0.5) is 13.6 Å². The van der Waals surface area contributed by atoms with Gasteiger partial charge in [-0.2, -0.15) is 0 Å². The van der Waals surface area contributed by atoms with E-state index in [2.05, 4.69) is 10.3 Å². The van der Waals surface area contributed by atoms with Gasteiger partial charge < -0.3 is 19.2 Å². The largest absolute Gasteiger partial charge is 0.444 e. The number of carbonyl (C=O) groups excluding carboxylic acids is 2. The number of alkyl halides is 2. The summed E-state index contributed by atoms with van der Waals surface area (Å²) in [5.41, 5.74) is 0.441. The Morgan fingerprint density at radius 2 is 2.10 bits per heavy atom. The Hall–Kier alpha value is -2.55. The average Bonchev–Trinajstić information content (AvgIpc) is 3.07. The molecule has 0 radical (unpaired) electrons. The number of nitrogens with one attached hydrogen (secondary N) is 1. The van der Waals surface area contributed by atoms with Crippen LogP contribution in [0.1, 0.15) is 68.7 Å². The van der Waals surface area contributed by atoms with Gasteiger partial charge in [-0.05, 0) is 57.7 Å². The lowest BCUT2D eigenvalue weighted by atomic mass is 9.81. The maximum atomic E-state index is 14.1. The fraction of sp³-hybridized carbons (Fsp3) is 0.591. The fourth-order valence-corrected chi connectivity index (χ4v) is 3.78. The lowest BCUT2D eigenvalue weighted by Crippen LogP contribution is -2.40. The van der Waals surface area contributed by atoms with E-state index in [1.807, 2.05) is 0 Å². The lowest BCUT2D eigenvalue weighted by molar-refractivity contribution is -0.0602. The van der Waals surface area contributed by atoms with E-state index < -0.39 is 29.6 Å². The summed E-state index contributed by atoms with van der Waals surface area (Å²) >= 11 is 0. The molecule has 1 saturated carbocycles. The van der Waals surface area contributed by atoms with Crippen molar-refractivity contribution in [1.29, 1.82) is 0 Å². The number of aromatic nitrogens is 1. The smallest absolute Gasteiger partial charge is 0.408 e. The normalized spacial score (nSPS) is 19.7. The topological polar surface area (TPSA) is 90.7 Å². The zero-order chi connectivity index (χ0) is 22.8. The molecular weight excluding hydrogens is 410 g/mol. The van der Waals surface area contributed by atoms with Crippen molar-refractivity contribution in [2.45, 2.75) is 64.0 Å². The first kappa shape index (κ1) is 23.1. The number of hydrogen-bond acceptors (Lipinski definition) is 6. The van der Waals surface area contributed by atoms with E-state index in [0.29, 0.717) is 29.5 Å². The molecule has 2 atom stereocenters. The van der Waals surface area contributed by atoms with Gasteiger partial charge in [0.15, 0.2) is 11.4 Å². The number of hydrogen-bond donors (Lipinski definition) is 1. The van der Waals surface area contributed by atoms with Crippen molar-refractivity contribution in [1.82, 2.24) is 10.3 Å². The number of rotatable bonds is 6. The minimum absolute atomic E-state index is 0.0732. The number of alkyl carbamates (subject to hydrolysis) is 1. The summed E-state index contributed by atoms with van der Waals surface area (Å²) in [5, 5.41) is 2.68. The van der Waals surface area contributed by atoms with Crippen LogP contribution in [0, 0.1) is 5.92 Å². The van der Waals surface area contributed by atoms with Gasteiger partial charge in [-0.3, -0.25) is 4.79 Å². The molecule has 7 nitrogen and oxygen atoms in total. The molecule has 0 saturated heterocycles. The second kappa shape index (κ2) is 8.90. The van der Waals surface area contributed by atoms with Crippen molar-refractivity contribution < 1.29 is 32.3 Å². The van der Waals surface area contributed by atoms with E-state index in [9.17, 15) is 18.4 Å². The van der Waals surface area contributed by atoms with Gasteiger partial charge in [-0.25, -0.2) is 18.6 Å². The molecule has 31 heavy (non-hydrogen) atoms. The van der Waals surface area contributed by atoms with Crippen molar-refractivity contribution in [2.24, 2.45) is 5.92 Å². The number of ether oxygens (including phenoxy) is 2. The molecule has 1 aliphatic rings. The highest BCUT2D eigenvalue weighted by atomic mass is 19.3. The molecule has 3 rings (SSSR count). The van der Waals surface area contributed by atoms with Gasteiger partial charge >= 0.3 is 6.09 Å². The highest BCUT2D eigenvalue weighted by molar-refractivity contribution is 5.99. The Kier molecular flexibility index (Phi) is 6.64. The van der Waals surface area contributed by atoms with Crippen molar-refractivity contribution >= 4 is 23.0 Å². The number of halogens is 2. The standard InChI is InChI=1S/C22H28F2N2O5/c1-21(2,3)31-20(28)26-18(14-6-5-9-22(23,24)11-14)19-25-15-10-13(16(27)12-29-4)7-8-17(15)30-19/h7-8,10,14,18H,5-6,9,11-12H2,1-4H3,(H,26,28). The fourth-order valence-electron chi connectivity index (χ4n) is 3.78. The Morgan fingerprint density at radius 1 is 1.35 bits per heavy atom. The Labute approximate surface area is 179 Å². The van der Waals surface area contributed by atoms with Gasteiger partial charge in [0.2, 0.25) is 11.8 Å². The van der Waals surface area contributed by atoms with Gasteiger partial charge in [0.1, 0.15) is 23.8 Å². The summed E-state index contributed by atoms with van der Waals surface area (Å²) in [7, 11) is 1.43. The van der Waals surface area contributed by atoms with Gasteiger partial charge in [0, 0.05) is 25.5 Å². The highest BCUT2D eigenvalue weighted by Crippen LogP contribution is 2.42. The molecule has 0 spiro atoms. The van der Waals surface area contributed by atoms with Crippen molar-refractivity contribution in [2.75, 3.05) is 13.7 Å². The summed E-state index contributed by atoms with van der Waals surface area (Å²) in [4.78, 5) is 28.9. The summed E-state index contributed by atoms with van der Waals surface area (Å²) in [6, 6.07) is 3.86. The van der Waals surface area contributed by atoms with Crippen molar-refractivity contribution in [3.63, 3.8) is 0 Å². The second-order valence-corrected chi connectivity index (χ2v) is 8.93. The minimum Gasteiger partial charge on any atom is -0.444 e. The summed E-state index contributed by atoms with van der Waals surface area (Å²) in [6.45, 7) is 5.08. The first-order valence-electron chi connectivity index (χ1n) is 10.3. The van der Waals surface area contributed by atoms with E-state index >= 15 is 0 Å². The number of oxazole rings is 1. The molecule has 170 valence electrons. The summed E-state index contributed by atoms with van der Waals surface area (Å²) < 4.78 is 44.2. The molecule has 1 aliphatic carbocycles. The van der Waals surface area contributed by atoms with Crippen LogP contribution in [-0.2, 0) is 9.47 Å². The van der Waals surface area contributed by atoms with E-state index in [1.165, 1.54) is 7.11 Å². The highest BCUT2D eigenvalue weighted by Gasteiger charge is 2.42. The lowest BCUT2D eigenvalue weighted by Gasteiger charge is -2.33. The van der Waals surface area contributed by atoms with E-state index in [0.717, 1.165) is 0 Å². The molecule has 1 amide bonds. The molecule has 1 N–H and O–H groups in total. The van der Waals surface area contributed by atoms with Gasteiger partial charge in [0.25, 0.3) is 0 Å². The van der Waals surface area contributed by atoms with Crippen molar-refractivity contribution in [3.8, 4) is 0 Å². The predicted octanol–water partition coefficient (Wildman–Crippen LogP) is 5.05. The third-order valence-electron chi connectivity index (χ3n) is 5.09. The van der Waals surface area contributed by atoms with Crippen LogP contribution in [0.5, 0.6) is 0 Å². The zero-order valence-electron chi connectivity index (χ0n) is 18.2. The van der Waals surface area contributed by atoms with Gasteiger partial charge in [0.05, 0.1) is 0 Å². The number of ketones is 1. The first-order valence-corrected chi connectivity index (χ1v) is 10.3. The SMILES string of the molecule is COCC(=O)c1ccc2oc(C(NC(=O)OC(C)(C)C)C3CCCC(F)(F)C3)nc2c1. The van der Waals surface area contributed by atoms with Crippen LogP contribution in [-0.4, -0.2) is 42.1 Å². The minimum atomic E-state index is -2.82. The Morgan fingerprint density at radius 3 is 2.74 bits per heavy atom. The maximum Gasteiger partial charge on any atom is 0.408 e. The number of benzene rings is 1. The molecule has 1 aromatic carbocycles. The third kappa shape index (κ3) is 6.00. The molecule has 1 heterocycles. The van der Waals surface area contributed by atoms with Gasteiger partial charge in [-0.1, -0.05) is 0 Å². The zero-order valence-corrected chi connectivity index (χ0v) is 18.2. The van der Waals surface area contributed by atoms with E-state index in [4.69, 9.17) is 13.9 Å². The monoisotopic (exact) mass is 438 g/mol. The summed E-state index contributed by atoms with van der Waals surface area (Å²) in [5.74, 6) is -3.49. The van der Waals surface area contributed by atoms with Crippen molar-refractivity contribution in [3.05, 3.63) is 29.7 Å². The van der Waals surface area contributed by atoms with Gasteiger partial charge in [-0.15, -0.1) is 0 Å². The second-order valence-electron chi connectivity index (χ2n) is 8.93. The number of amides is 1. The Balaban J connectivity index is 1.92. The van der Waals surface area contributed by atoms with Crippen LogP contribution in [0.2, 0.25) is 0 Å². The molecular formula is C22H28F2N2O5. The van der Waals surface area contributed by atoms with Crippen LogP contribution in [0.25, 0.3) is 11.1 Å². The molecule has 9 heteroatoms. The van der Waals surface area contributed by atoms with Crippen LogP contribution in [0.15, 0.2) is 22.6 Å². The summed E-state index contributed by atoms with van der Waals surface area (Å²) in [6.07, 6.45) is -0.471. The Bertz CT molecular complexity index is 951. The van der Waals surface area contributed by atoms with Crippen LogP contribution >= 0.6 is 0 Å². The maximum absolute atomic E-state index is 14.1. The average molecular weight is 438 g/mol. The van der Waals surface area contributed by atoms with Crippen LogP contribution < -0.4 is 5.32 Å². The molecule has 0 aliphatic heterocycles. The number of fused-ring (bicyclic) bond motifs is 1. The first-order chi connectivity index (χ1) is 14.5. The molecule has 1 fully saturated rings. The molecule has 0 bridgehead atoms. The molecule has 1 aromatic heterocycles. The van der Waals surface area contributed by atoms with E-state index in [1.54, 1.807) is 39.0 Å².